The molecule has 0 atom stereocenters. The van der Waals surface area contributed by atoms with Crippen LogP contribution in [0.5, 0.6) is 11.6 Å². The third-order valence-electron chi connectivity index (χ3n) is 5.45. The third-order valence-corrected chi connectivity index (χ3v) is 5.45. The van der Waals surface area contributed by atoms with Gasteiger partial charge in [0.15, 0.2) is 5.82 Å². The first kappa shape index (κ1) is 22.6. The number of benzene rings is 1. The van der Waals surface area contributed by atoms with Crippen molar-refractivity contribution in [1.82, 2.24) is 15.1 Å². The second-order valence-corrected chi connectivity index (χ2v) is 9.25. The highest BCUT2D eigenvalue weighted by molar-refractivity contribution is 5.99. The van der Waals surface area contributed by atoms with E-state index in [1.54, 1.807) is 18.2 Å². The molecule has 0 saturated carbocycles. The fourth-order valence-electron chi connectivity index (χ4n) is 3.60. The van der Waals surface area contributed by atoms with Crippen molar-refractivity contribution in [2.45, 2.75) is 52.4 Å². The number of carbonyl (C=O) groups is 1. The van der Waals surface area contributed by atoms with Crippen LogP contribution in [0.1, 0.15) is 51.4 Å². The smallest absolute Gasteiger partial charge is 0.324 e. The zero-order valence-electron chi connectivity index (χ0n) is 19.5. The summed E-state index contributed by atoms with van der Waals surface area (Å²) in [5.41, 5.74) is 1.31. The SMILES string of the molecule is Cc1cc(NC(=O)Nc2cc(C(C)(C)C)on2)ccc1Oc1cc(N2CCCCC2)ncn1. The molecule has 174 valence electrons. The summed E-state index contributed by atoms with van der Waals surface area (Å²) < 4.78 is 11.3. The number of amides is 2. The van der Waals surface area contributed by atoms with E-state index in [9.17, 15) is 4.79 Å². The van der Waals surface area contributed by atoms with Gasteiger partial charge in [-0.2, -0.15) is 0 Å². The van der Waals surface area contributed by atoms with Crippen LogP contribution in [0.2, 0.25) is 0 Å². The number of anilines is 3. The average Bonchev–Trinajstić information content (AvgIpc) is 3.25. The van der Waals surface area contributed by atoms with Gasteiger partial charge in [0.05, 0.1) is 0 Å². The molecule has 9 heteroatoms. The minimum atomic E-state index is -0.404. The van der Waals surface area contributed by atoms with Crippen LogP contribution < -0.4 is 20.3 Å². The highest BCUT2D eigenvalue weighted by Gasteiger charge is 2.20. The van der Waals surface area contributed by atoms with Crippen molar-refractivity contribution in [3.63, 3.8) is 0 Å². The van der Waals surface area contributed by atoms with Crippen molar-refractivity contribution in [1.29, 1.82) is 0 Å². The van der Waals surface area contributed by atoms with Crippen molar-refractivity contribution in [2.75, 3.05) is 28.6 Å². The predicted molar refractivity (Wildman–Crippen MR) is 127 cm³/mol. The van der Waals surface area contributed by atoms with E-state index in [0.29, 0.717) is 28.9 Å². The number of piperidine rings is 1. The quantitative estimate of drug-likeness (QED) is 0.529. The Kier molecular flexibility index (Phi) is 6.48. The molecule has 0 unspecified atom stereocenters. The number of aryl methyl sites for hydroxylation is 1. The van der Waals surface area contributed by atoms with Gasteiger partial charge in [0.2, 0.25) is 5.88 Å². The summed E-state index contributed by atoms with van der Waals surface area (Å²) in [7, 11) is 0. The van der Waals surface area contributed by atoms with Crippen molar-refractivity contribution in [2.24, 2.45) is 0 Å². The van der Waals surface area contributed by atoms with Crippen LogP contribution >= 0.6 is 0 Å². The van der Waals surface area contributed by atoms with Gasteiger partial charge in [0, 0.05) is 36.3 Å². The normalized spacial score (nSPS) is 14.1. The predicted octanol–water partition coefficient (Wildman–Crippen LogP) is 5.50. The van der Waals surface area contributed by atoms with Gasteiger partial charge in [-0.25, -0.2) is 14.8 Å². The van der Waals surface area contributed by atoms with Crippen LogP contribution in [-0.4, -0.2) is 34.2 Å². The van der Waals surface area contributed by atoms with E-state index in [1.807, 2.05) is 39.8 Å². The number of aromatic nitrogens is 3. The molecule has 1 aliphatic heterocycles. The van der Waals surface area contributed by atoms with E-state index >= 15 is 0 Å². The first-order valence-corrected chi connectivity index (χ1v) is 11.2. The Balaban J connectivity index is 1.38. The molecular weight excluding hydrogens is 420 g/mol. The van der Waals surface area contributed by atoms with Gasteiger partial charge in [-0.1, -0.05) is 25.9 Å². The van der Waals surface area contributed by atoms with Crippen LogP contribution in [0, 0.1) is 6.92 Å². The first-order chi connectivity index (χ1) is 15.8. The van der Waals surface area contributed by atoms with E-state index in [1.165, 1.54) is 25.6 Å². The Morgan fingerprint density at radius 1 is 1.06 bits per heavy atom. The van der Waals surface area contributed by atoms with Gasteiger partial charge < -0.3 is 19.5 Å². The maximum Gasteiger partial charge on any atom is 0.324 e. The number of nitrogens with zero attached hydrogens (tertiary/aromatic N) is 4. The summed E-state index contributed by atoms with van der Waals surface area (Å²) in [6.45, 7) is 9.96. The molecule has 0 radical (unpaired) electrons. The Labute approximate surface area is 193 Å². The molecule has 0 bridgehead atoms. The third kappa shape index (κ3) is 5.79. The Morgan fingerprint density at radius 3 is 2.55 bits per heavy atom. The molecule has 0 aliphatic carbocycles. The van der Waals surface area contributed by atoms with Crippen molar-refractivity contribution >= 4 is 23.4 Å². The molecule has 3 heterocycles. The first-order valence-electron chi connectivity index (χ1n) is 11.2. The zero-order valence-corrected chi connectivity index (χ0v) is 19.5. The molecular formula is C24H30N6O3. The number of nitrogens with one attached hydrogen (secondary N) is 2. The summed E-state index contributed by atoms with van der Waals surface area (Å²) in [5.74, 6) is 3.10. The van der Waals surface area contributed by atoms with E-state index in [4.69, 9.17) is 9.26 Å². The van der Waals surface area contributed by atoms with Crippen LogP contribution in [0.15, 0.2) is 41.2 Å². The van der Waals surface area contributed by atoms with Gasteiger partial charge in [-0.15, -0.1) is 0 Å². The molecule has 2 aromatic heterocycles. The summed E-state index contributed by atoms with van der Waals surface area (Å²) in [6, 6.07) is 8.61. The number of hydrogen-bond donors (Lipinski definition) is 2. The molecule has 1 aliphatic rings. The van der Waals surface area contributed by atoms with Gasteiger partial charge in [-0.3, -0.25) is 5.32 Å². The van der Waals surface area contributed by atoms with Crippen LogP contribution in [0.4, 0.5) is 22.1 Å². The second-order valence-electron chi connectivity index (χ2n) is 9.25. The Morgan fingerprint density at radius 2 is 1.85 bits per heavy atom. The van der Waals surface area contributed by atoms with E-state index < -0.39 is 6.03 Å². The molecule has 9 nitrogen and oxygen atoms in total. The molecule has 3 aromatic rings. The largest absolute Gasteiger partial charge is 0.439 e. The van der Waals surface area contributed by atoms with Crippen LogP contribution in [0.3, 0.4) is 0 Å². The maximum absolute atomic E-state index is 12.4. The lowest BCUT2D eigenvalue weighted by Crippen LogP contribution is -2.30. The van der Waals surface area contributed by atoms with Crippen molar-refractivity contribution < 1.29 is 14.1 Å². The molecule has 33 heavy (non-hydrogen) atoms. The lowest BCUT2D eigenvalue weighted by Gasteiger charge is -2.27. The number of urea groups is 1. The fraction of sp³-hybridized carbons (Fsp3) is 0.417. The van der Waals surface area contributed by atoms with Crippen LogP contribution in [0.25, 0.3) is 0 Å². The summed E-state index contributed by atoms with van der Waals surface area (Å²) >= 11 is 0. The second kappa shape index (κ2) is 9.48. The highest BCUT2D eigenvalue weighted by atomic mass is 16.5. The molecule has 2 N–H and O–H groups in total. The minimum Gasteiger partial charge on any atom is -0.439 e. The molecule has 1 aromatic carbocycles. The molecule has 1 fully saturated rings. The number of carbonyl (C=O) groups excluding carboxylic acids is 1. The van der Waals surface area contributed by atoms with Crippen molar-refractivity contribution in [3.05, 3.63) is 48.0 Å². The maximum atomic E-state index is 12.4. The summed E-state index contributed by atoms with van der Waals surface area (Å²) in [6.07, 6.45) is 5.15. The Hall–Kier alpha value is -3.62. The summed E-state index contributed by atoms with van der Waals surface area (Å²) in [5, 5.41) is 9.39. The molecule has 1 saturated heterocycles. The lowest BCUT2D eigenvalue weighted by molar-refractivity contribution is 0.262. The van der Waals surface area contributed by atoms with Crippen molar-refractivity contribution in [3.8, 4) is 11.6 Å². The standard InChI is InChI=1S/C24H30N6O3/c1-16-12-17(27-23(31)28-20-13-19(33-29-20)24(2,3)4)8-9-18(16)32-22-14-21(25-15-26-22)30-10-6-5-7-11-30/h8-9,12-15H,5-7,10-11H2,1-4H3,(H2,27,28,29,31). The van der Waals surface area contributed by atoms with E-state index in [0.717, 1.165) is 24.5 Å². The highest BCUT2D eigenvalue weighted by Crippen LogP contribution is 2.29. The monoisotopic (exact) mass is 450 g/mol. The van der Waals surface area contributed by atoms with Crippen LogP contribution in [-0.2, 0) is 5.41 Å². The lowest BCUT2D eigenvalue weighted by atomic mass is 9.93. The number of rotatable bonds is 5. The van der Waals surface area contributed by atoms with E-state index in [-0.39, 0.29) is 5.41 Å². The summed E-state index contributed by atoms with van der Waals surface area (Å²) in [4.78, 5) is 23.3. The minimum absolute atomic E-state index is 0.186. The van der Waals surface area contributed by atoms with Gasteiger partial charge in [0.25, 0.3) is 0 Å². The number of hydrogen-bond acceptors (Lipinski definition) is 7. The fourth-order valence-corrected chi connectivity index (χ4v) is 3.60. The van der Waals surface area contributed by atoms with Gasteiger partial charge in [0.1, 0.15) is 23.7 Å². The van der Waals surface area contributed by atoms with E-state index in [2.05, 4.69) is 30.7 Å². The zero-order chi connectivity index (χ0) is 23.4. The number of ether oxygens (including phenoxy) is 1. The Bertz CT molecular complexity index is 1120. The molecule has 0 spiro atoms. The van der Waals surface area contributed by atoms with Gasteiger partial charge >= 0.3 is 6.03 Å². The molecule has 2 amide bonds. The topological polar surface area (TPSA) is 105 Å². The average molecular weight is 451 g/mol. The molecule has 4 rings (SSSR count). The van der Waals surface area contributed by atoms with Gasteiger partial charge in [-0.05, 0) is 49.9 Å².